The van der Waals surface area contributed by atoms with Crippen LogP contribution in [0, 0.1) is 0 Å². The van der Waals surface area contributed by atoms with E-state index in [0.29, 0.717) is 0 Å². The van der Waals surface area contributed by atoms with E-state index in [-0.39, 0.29) is 206 Å². The van der Waals surface area contributed by atoms with Gasteiger partial charge in [0.2, 0.25) is 0 Å². The molecule has 0 saturated carbocycles. The van der Waals surface area contributed by atoms with Crippen LogP contribution in [-0.4, -0.2) is 9.79 Å². The van der Waals surface area contributed by atoms with Crippen molar-refractivity contribution < 1.29 is 266 Å². The number of rotatable bonds is 6. The van der Waals surface area contributed by atoms with E-state index in [1.54, 1.807) is 0 Å². The van der Waals surface area contributed by atoms with Crippen LogP contribution < -0.4 is 225 Å². The number of hydrogen-bond acceptors (Lipinski definition) is 11. The maximum absolute atomic E-state index is 10.6. The van der Waals surface area contributed by atoms with Gasteiger partial charge in [-0.1, -0.05) is 0 Å². The largest absolute Gasteiger partial charge is 1.00 e. The van der Waals surface area contributed by atoms with Crippen LogP contribution in [0.3, 0.4) is 0 Å². The average Bonchev–Trinajstić information content (AvgIpc) is 1.65. The molecule has 2 unspecified atom stereocenters. The Hall–Kier alpha value is 7.11. The Bertz CT molecular complexity index is 417. The normalized spacial score (nSPS) is 16.7. The standard InChI is InChI=1S/4K.H6O13P4/c;;;;1-14(2,3)11-16(7,8)13-17(9,10)12-15(4,5)6/h;;;;(H,7,8)(H,9,10)(H2,1,2,3)(H2,4,5,6)/q4*+1;/p-4. The van der Waals surface area contributed by atoms with Crippen LogP contribution in [0.4, 0.5) is 0 Å². The first-order chi connectivity index (χ1) is 7.12. The van der Waals surface area contributed by atoms with Crippen LogP contribution in [-0.2, 0) is 31.2 Å². The van der Waals surface area contributed by atoms with E-state index in [0.717, 1.165) is 0 Å². The van der Waals surface area contributed by atoms with E-state index < -0.39 is 31.3 Å². The molecule has 0 saturated heterocycles. The van der Waals surface area contributed by atoms with Crippen molar-refractivity contribution in [1.29, 1.82) is 0 Å². The second-order valence-corrected chi connectivity index (χ2v) is 7.70. The summed E-state index contributed by atoms with van der Waals surface area (Å²) in [6.45, 7) is 0. The monoisotopic (exact) mass is 490 g/mol. The van der Waals surface area contributed by atoms with Crippen LogP contribution in [0.5, 0.6) is 0 Å². The van der Waals surface area contributed by atoms with Gasteiger partial charge in [-0.25, -0.2) is 9.13 Å². The molecule has 0 heterocycles. The molecule has 104 valence electrons. The Morgan fingerprint density at radius 3 is 0.905 bits per heavy atom. The van der Waals surface area contributed by atoms with E-state index >= 15 is 0 Å². The van der Waals surface area contributed by atoms with Gasteiger partial charge < -0.3 is 38.5 Å². The van der Waals surface area contributed by atoms with Gasteiger partial charge in [-0.2, -0.15) is 4.31 Å². The summed E-state index contributed by atoms with van der Waals surface area (Å²) in [5, 5.41) is 0. The predicted molar refractivity (Wildman–Crippen MR) is 38.1 cm³/mol. The molecule has 0 aromatic heterocycles. The summed E-state index contributed by atoms with van der Waals surface area (Å²) in [5.41, 5.74) is 0. The molecule has 21 heteroatoms. The Morgan fingerprint density at radius 1 is 0.571 bits per heavy atom. The van der Waals surface area contributed by atoms with Crippen molar-refractivity contribution in [1.82, 2.24) is 0 Å². The van der Waals surface area contributed by atoms with E-state index in [1.807, 2.05) is 0 Å². The fraction of sp³-hybridized carbons (Fsp3) is 0. The molecule has 0 aromatic carbocycles. The van der Waals surface area contributed by atoms with Crippen molar-refractivity contribution in [3.05, 3.63) is 0 Å². The third-order valence-corrected chi connectivity index (χ3v) is 5.51. The number of phosphoric acid groups is 4. The fourth-order valence-electron chi connectivity index (χ4n) is 0.413. The molecule has 0 aliphatic rings. The van der Waals surface area contributed by atoms with E-state index in [2.05, 4.69) is 12.9 Å². The van der Waals surface area contributed by atoms with Crippen molar-refractivity contribution in [2.24, 2.45) is 0 Å². The Labute approximate surface area is 288 Å². The van der Waals surface area contributed by atoms with Gasteiger partial charge in [0.05, 0.1) is 15.6 Å². The zero-order valence-electron chi connectivity index (χ0n) is 11.2. The van der Waals surface area contributed by atoms with Gasteiger partial charge in [-0.15, -0.1) is 0 Å². The van der Waals surface area contributed by atoms with Crippen molar-refractivity contribution in [2.75, 3.05) is 0 Å². The zero-order valence-corrected chi connectivity index (χ0v) is 27.2. The summed E-state index contributed by atoms with van der Waals surface area (Å²) in [6.07, 6.45) is 0. The van der Waals surface area contributed by atoms with Crippen molar-refractivity contribution in [3.63, 3.8) is 0 Å². The minimum Gasteiger partial charge on any atom is -0.789 e. The molecule has 0 rings (SSSR count). The summed E-state index contributed by atoms with van der Waals surface area (Å²) in [4.78, 5) is 56.3. The smallest absolute Gasteiger partial charge is 0.789 e. The van der Waals surface area contributed by atoms with Gasteiger partial charge in [0.15, 0.2) is 0 Å². The first-order valence-corrected chi connectivity index (χ1v) is 8.87. The molecular weight excluding hydrogens is 488 g/mol. The minimum absolute atomic E-state index is 0. The topological polar surface area (TPSA) is 229 Å². The molecule has 13 nitrogen and oxygen atoms in total. The van der Waals surface area contributed by atoms with Gasteiger partial charge >= 0.3 is 221 Å². The molecule has 0 amide bonds. The van der Waals surface area contributed by atoms with Gasteiger partial charge in [0.25, 0.3) is 0 Å². The molecule has 0 aliphatic heterocycles. The molecule has 0 bridgehead atoms. The SMILES string of the molecule is O=P([O-])([O-])OP(=O)(O)OP(=O)(O)OP(=O)([O-])[O-].[K+].[K+].[K+].[K+]. The zero-order chi connectivity index (χ0) is 14.1. The van der Waals surface area contributed by atoms with Gasteiger partial charge in [-0.3, -0.25) is 8.62 Å². The average molecular weight is 490 g/mol. The van der Waals surface area contributed by atoms with E-state index in [1.165, 1.54) is 0 Å². The first kappa shape index (κ1) is 38.7. The van der Waals surface area contributed by atoms with Gasteiger partial charge in [0.1, 0.15) is 0 Å². The second kappa shape index (κ2) is 15.9. The van der Waals surface area contributed by atoms with Gasteiger partial charge in [-0.05, 0) is 0 Å². The molecular formula is H2K4O13P4. The van der Waals surface area contributed by atoms with Crippen molar-refractivity contribution in [2.45, 2.75) is 0 Å². The summed E-state index contributed by atoms with van der Waals surface area (Å²) < 4.78 is 49.5. The molecule has 0 aliphatic carbocycles. The minimum atomic E-state index is -6.08. The summed E-state index contributed by atoms with van der Waals surface area (Å²) >= 11 is 0. The van der Waals surface area contributed by atoms with E-state index in [9.17, 15) is 37.8 Å². The van der Waals surface area contributed by atoms with Crippen LogP contribution in [0.1, 0.15) is 0 Å². The molecule has 2 atom stereocenters. The molecule has 0 fully saturated rings. The molecule has 21 heavy (non-hydrogen) atoms. The molecule has 0 spiro atoms. The Morgan fingerprint density at radius 2 is 0.762 bits per heavy atom. The van der Waals surface area contributed by atoms with Crippen LogP contribution >= 0.6 is 31.3 Å². The van der Waals surface area contributed by atoms with Crippen molar-refractivity contribution in [3.8, 4) is 0 Å². The van der Waals surface area contributed by atoms with Crippen LogP contribution in [0.2, 0.25) is 0 Å². The molecule has 0 radical (unpaired) electrons. The maximum atomic E-state index is 10.6. The summed E-state index contributed by atoms with van der Waals surface area (Å²) in [7, 11) is -24.0. The second-order valence-electron chi connectivity index (χ2n) is 2.08. The third kappa shape index (κ3) is 27.1. The van der Waals surface area contributed by atoms with Crippen molar-refractivity contribution >= 4 is 31.3 Å². The van der Waals surface area contributed by atoms with E-state index in [4.69, 9.17) is 9.79 Å². The van der Waals surface area contributed by atoms with Crippen LogP contribution in [0.25, 0.3) is 0 Å². The maximum Gasteiger partial charge on any atom is 1.00 e. The number of hydrogen-bond donors (Lipinski definition) is 2. The Kier molecular flexibility index (Phi) is 29.3. The third-order valence-electron chi connectivity index (χ3n) is 0.613. The van der Waals surface area contributed by atoms with Gasteiger partial charge in [0, 0.05) is 0 Å². The summed E-state index contributed by atoms with van der Waals surface area (Å²) in [5.74, 6) is 0. The fourth-order valence-corrected chi connectivity index (χ4v) is 4.25. The Balaban J connectivity index is -0.000000213. The molecule has 2 N–H and O–H groups in total. The first-order valence-electron chi connectivity index (χ1n) is 2.96. The van der Waals surface area contributed by atoms with Crippen LogP contribution in [0.15, 0.2) is 0 Å². The molecule has 0 aromatic rings. The quantitative estimate of drug-likeness (QED) is 0.261. The predicted octanol–water partition coefficient (Wildman–Crippen LogP) is -15.1. The summed E-state index contributed by atoms with van der Waals surface area (Å²) in [6, 6.07) is 0.